The fourth-order valence-corrected chi connectivity index (χ4v) is 3.40. The van der Waals surface area contributed by atoms with Crippen molar-refractivity contribution < 1.29 is 16.8 Å². The molecule has 0 aliphatic carbocycles. The fourth-order valence-electron chi connectivity index (χ4n) is 1.21. The molecule has 1 aromatic carbocycles. The van der Waals surface area contributed by atoms with Gasteiger partial charge >= 0.3 is 0 Å². The van der Waals surface area contributed by atoms with Crippen LogP contribution in [0.4, 0.5) is 5.69 Å². The second-order valence-corrected chi connectivity index (χ2v) is 9.84. The molecule has 0 spiro atoms. The van der Waals surface area contributed by atoms with Crippen LogP contribution >= 0.6 is 11.6 Å². The molecule has 0 unspecified atom stereocenters. The lowest BCUT2D eigenvalue weighted by atomic mass is 10.2. The molecule has 0 aliphatic rings. The summed E-state index contributed by atoms with van der Waals surface area (Å²) < 4.78 is 48.3. The lowest BCUT2D eigenvalue weighted by molar-refractivity contribution is 0.537. The monoisotopic (exact) mass is 340 g/mol. The van der Waals surface area contributed by atoms with Gasteiger partial charge < -0.3 is 5.73 Å². The zero-order valence-electron chi connectivity index (χ0n) is 11.3. The van der Waals surface area contributed by atoms with Gasteiger partial charge in [-0.15, -0.1) is 0 Å². The largest absolute Gasteiger partial charge is 0.399 e. The van der Waals surface area contributed by atoms with Crippen LogP contribution in [0.25, 0.3) is 0 Å². The molecule has 3 N–H and O–H groups in total. The Hall–Kier alpha value is -0.830. The maximum atomic E-state index is 12.1. The third-order valence-corrected chi connectivity index (χ3v) is 6.97. The van der Waals surface area contributed by atoms with Crippen molar-refractivity contribution in [2.45, 2.75) is 23.5 Å². The van der Waals surface area contributed by atoms with E-state index < -0.39 is 24.6 Å². The van der Waals surface area contributed by atoms with E-state index in [1.807, 2.05) is 0 Å². The van der Waals surface area contributed by atoms with Crippen molar-refractivity contribution in [2.75, 3.05) is 18.5 Å². The molecule has 0 saturated heterocycles. The molecule has 9 heteroatoms. The molecular formula is C11H17ClN2O4S2. The second-order valence-electron chi connectivity index (χ2n) is 5.05. The summed E-state index contributed by atoms with van der Waals surface area (Å²) in [6, 6.07) is 3.99. The van der Waals surface area contributed by atoms with Crippen LogP contribution in [0.1, 0.15) is 13.8 Å². The third kappa shape index (κ3) is 3.85. The molecule has 6 nitrogen and oxygen atoms in total. The van der Waals surface area contributed by atoms with Gasteiger partial charge in [0.2, 0.25) is 10.0 Å². The van der Waals surface area contributed by atoms with E-state index in [1.54, 1.807) is 0 Å². The molecule has 0 saturated carbocycles. The Balaban J connectivity index is 3.03. The summed E-state index contributed by atoms with van der Waals surface area (Å²) in [7, 11) is -7.31. The Morgan fingerprint density at radius 1 is 1.25 bits per heavy atom. The minimum absolute atomic E-state index is 0.0188. The number of sulfone groups is 1. The first kappa shape index (κ1) is 17.2. The smallest absolute Gasteiger partial charge is 0.242 e. The normalized spacial score (nSPS) is 13.4. The summed E-state index contributed by atoms with van der Waals surface area (Å²) in [5.74, 6) is 0. The molecular weight excluding hydrogens is 324 g/mol. The Morgan fingerprint density at radius 3 is 2.25 bits per heavy atom. The minimum Gasteiger partial charge on any atom is -0.399 e. The van der Waals surface area contributed by atoms with Gasteiger partial charge in [-0.1, -0.05) is 11.6 Å². The molecule has 114 valence electrons. The summed E-state index contributed by atoms with van der Waals surface area (Å²) in [4.78, 5) is -0.141. The summed E-state index contributed by atoms with van der Waals surface area (Å²) in [5, 5.41) is -0.0188. The number of halogens is 1. The Kier molecular flexibility index (Phi) is 4.75. The molecule has 0 heterocycles. The zero-order chi connectivity index (χ0) is 15.8. The summed E-state index contributed by atoms with van der Waals surface area (Å²) in [6.07, 6.45) is 1.05. The van der Waals surface area contributed by atoms with Crippen molar-refractivity contribution in [1.29, 1.82) is 0 Å². The van der Waals surface area contributed by atoms with E-state index in [4.69, 9.17) is 17.3 Å². The Morgan fingerprint density at radius 2 is 1.80 bits per heavy atom. The maximum Gasteiger partial charge on any atom is 0.242 e. The van der Waals surface area contributed by atoms with Gasteiger partial charge in [0, 0.05) is 18.5 Å². The first-order chi connectivity index (χ1) is 8.87. The van der Waals surface area contributed by atoms with Gasteiger partial charge in [0.15, 0.2) is 9.84 Å². The highest BCUT2D eigenvalue weighted by Gasteiger charge is 2.32. The van der Waals surface area contributed by atoms with E-state index in [0.29, 0.717) is 5.69 Å². The van der Waals surface area contributed by atoms with E-state index in [-0.39, 0.29) is 16.5 Å². The number of hydrogen-bond donors (Lipinski definition) is 2. The first-order valence-electron chi connectivity index (χ1n) is 5.61. The molecule has 0 aliphatic heterocycles. The lowest BCUT2D eigenvalue weighted by Crippen LogP contribution is -2.43. The van der Waals surface area contributed by atoms with Crippen molar-refractivity contribution in [2.24, 2.45) is 0 Å². The van der Waals surface area contributed by atoms with Crippen molar-refractivity contribution in [3.8, 4) is 0 Å². The topological polar surface area (TPSA) is 106 Å². The van der Waals surface area contributed by atoms with Crippen LogP contribution in [0.5, 0.6) is 0 Å². The molecule has 0 bridgehead atoms. The predicted molar refractivity (Wildman–Crippen MR) is 80.0 cm³/mol. The summed E-state index contributed by atoms with van der Waals surface area (Å²) >= 11 is 5.84. The van der Waals surface area contributed by atoms with E-state index in [0.717, 1.165) is 6.26 Å². The molecule has 1 rings (SSSR count). The number of nitrogen functional groups attached to an aromatic ring is 1. The fraction of sp³-hybridized carbons (Fsp3) is 0.455. The Labute approximate surface area is 124 Å². The number of benzene rings is 1. The van der Waals surface area contributed by atoms with Crippen molar-refractivity contribution in [3.63, 3.8) is 0 Å². The Bertz CT molecular complexity index is 712. The lowest BCUT2D eigenvalue weighted by Gasteiger charge is -2.22. The number of anilines is 1. The van der Waals surface area contributed by atoms with E-state index >= 15 is 0 Å². The SMILES string of the molecule is CC(C)(CNS(=O)(=O)c1ccc(N)cc1Cl)S(C)(=O)=O. The van der Waals surface area contributed by atoms with Crippen LogP contribution < -0.4 is 10.5 Å². The maximum absolute atomic E-state index is 12.1. The van der Waals surface area contributed by atoms with Gasteiger partial charge in [-0.2, -0.15) is 0 Å². The van der Waals surface area contributed by atoms with Crippen LogP contribution in [0.3, 0.4) is 0 Å². The summed E-state index contributed by atoms with van der Waals surface area (Å²) in [6.45, 7) is 2.62. The molecule has 0 atom stereocenters. The van der Waals surface area contributed by atoms with E-state index in [9.17, 15) is 16.8 Å². The van der Waals surface area contributed by atoms with E-state index in [2.05, 4.69) is 4.72 Å². The number of nitrogens with one attached hydrogen (secondary N) is 1. The number of rotatable bonds is 5. The average molecular weight is 341 g/mol. The van der Waals surface area contributed by atoms with Crippen LogP contribution in [0, 0.1) is 0 Å². The highest BCUT2D eigenvalue weighted by molar-refractivity contribution is 7.92. The van der Waals surface area contributed by atoms with Crippen LogP contribution in [-0.4, -0.2) is 34.4 Å². The quantitative estimate of drug-likeness (QED) is 0.778. The highest BCUT2D eigenvalue weighted by atomic mass is 35.5. The third-order valence-electron chi connectivity index (χ3n) is 2.94. The molecule has 1 aromatic rings. The second kappa shape index (κ2) is 5.51. The molecule has 0 fully saturated rings. The van der Waals surface area contributed by atoms with Gasteiger partial charge in [-0.05, 0) is 32.0 Å². The molecule has 20 heavy (non-hydrogen) atoms. The van der Waals surface area contributed by atoms with Crippen molar-refractivity contribution >= 4 is 37.1 Å². The number of hydrogen-bond acceptors (Lipinski definition) is 5. The van der Waals surface area contributed by atoms with E-state index in [1.165, 1.54) is 32.0 Å². The van der Waals surface area contributed by atoms with Crippen LogP contribution in [0.15, 0.2) is 23.1 Å². The van der Waals surface area contributed by atoms with Crippen molar-refractivity contribution in [1.82, 2.24) is 4.72 Å². The highest BCUT2D eigenvalue weighted by Crippen LogP contribution is 2.24. The van der Waals surface area contributed by atoms with Gasteiger partial charge in [-0.3, -0.25) is 0 Å². The van der Waals surface area contributed by atoms with Crippen LogP contribution in [-0.2, 0) is 19.9 Å². The average Bonchev–Trinajstić information content (AvgIpc) is 2.24. The number of nitrogens with two attached hydrogens (primary N) is 1. The zero-order valence-corrected chi connectivity index (χ0v) is 13.7. The summed E-state index contributed by atoms with van der Waals surface area (Å²) in [5.41, 5.74) is 5.83. The predicted octanol–water partition coefficient (Wildman–Crippen LogP) is 1.02. The molecule has 0 amide bonds. The molecule has 0 aromatic heterocycles. The van der Waals surface area contributed by atoms with Gasteiger partial charge in [0.1, 0.15) is 4.90 Å². The van der Waals surface area contributed by atoms with Gasteiger partial charge in [-0.25, -0.2) is 21.6 Å². The first-order valence-corrected chi connectivity index (χ1v) is 9.36. The van der Waals surface area contributed by atoms with Crippen LogP contribution in [0.2, 0.25) is 5.02 Å². The van der Waals surface area contributed by atoms with Crippen molar-refractivity contribution in [3.05, 3.63) is 23.2 Å². The minimum atomic E-state index is -3.90. The van der Waals surface area contributed by atoms with Gasteiger partial charge in [0.25, 0.3) is 0 Å². The number of sulfonamides is 1. The van der Waals surface area contributed by atoms with Gasteiger partial charge in [0.05, 0.1) is 9.77 Å². The standard InChI is InChI=1S/C11H17ClN2O4S2/c1-11(2,19(3,15)16)7-14-20(17,18)10-5-4-8(13)6-9(10)12/h4-6,14H,7,13H2,1-3H3. The molecule has 0 radical (unpaired) electrons.